The van der Waals surface area contributed by atoms with Crippen molar-refractivity contribution in [2.24, 2.45) is 17.3 Å². The third-order valence-electron chi connectivity index (χ3n) is 6.21. The number of thioether (sulfide) groups is 1. The molecule has 0 spiro atoms. The number of aliphatic hydroxyl groups is 1. The minimum Gasteiger partial charge on any atom is -0.388 e. The minimum absolute atomic E-state index is 0.268. The summed E-state index contributed by atoms with van der Waals surface area (Å²) in [5, 5.41) is 10.3. The van der Waals surface area contributed by atoms with E-state index in [1.165, 1.54) is 50.0 Å². The first kappa shape index (κ1) is 20.8. The van der Waals surface area contributed by atoms with Gasteiger partial charge in [0.05, 0.1) is 6.10 Å². The number of aliphatic hydroxyl groups excluding tert-OH is 1. The Morgan fingerprint density at radius 2 is 1.96 bits per heavy atom. The van der Waals surface area contributed by atoms with Crippen LogP contribution in [0.2, 0.25) is 0 Å². The number of hydrogen-bond acceptors (Lipinski definition) is 2. The molecule has 1 aromatic rings. The van der Waals surface area contributed by atoms with Gasteiger partial charge in [-0.15, -0.1) is 0 Å². The first-order valence-corrected chi connectivity index (χ1v) is 11.2. The van der Waals surface area contributed by atoms with Crippen LogP contribution < -0.4 is 0 Å². The molecule has 0 heterocycles. The third kappa shape index (κ3) is 6.60. The van der Waals surface area contributed by atoms with Crippen LogP contribution >= 0.6 is 11.8 Å². The van der Waals surface area contributed by atoms with E-state index in [-0.39, 0.29) is 5.82 Å². The van der Waals surface area contributed by atoms with E-state index in [0.29, 0.717) is 11.0 Å². The molecule has 1 fully saturated rings. The van der Waals surface area contributed by atoms with Crippen LogP contribution in [0.1, 0.15) is 76.9 Å². The summed E-state index contributed by atoms with van der Waals surface area (Å²) >= 11 is 1.97. The highest BCUT2D eigenvalue weighted by Crippen LogP contribution is 2.44. The SMILES string of the molecule is CSCCC1CCC(C(C)(C)CCC[C@H](O)c2cccc(F)c2)CC1. The van der Waals surface area contributed by atoms with Crippen molar-refractivity contribution < 1.29 is 9.50 Å². The first-order chi connectivity index (χ1) is 11.9. The van der Waals surface area contributed by atoms with Gasteiger partial charge in [-0.25, -0.2) is 4.39 Å². The molecule has 0 radical (unpaired) electrons. The summed E-state index contributed by atoms with van der Waals surface area (Å²) in [7, 11) is 0. The van der Waals surface area contributed by atoms with Crippen molar-refractivity contribution in [3.63, 3.8) is 0 Å². The minimum atomic E-state index is -0.547. The Hall–Kier alpha value is -0.540. The largest absolute Gasteiger partial charge is 0.388 e. The molecule has 1 saturated carbocycles. The summed E-state index contributed by atoms with van der Waals surface area (Å²) in [5.74, 6) is 2.78. The van der Waals surface area contributed by atoms with Gasteiger partial charge in [0.2, 0.25) is 0 Å². The Bertz CT molecular complexity index is 509. The van der Waals surface area contributed by atoms with Crippen LogP contribution in [0.15, 0.2) is 24.3 Å². The second-order valence-corrected chi connectivity index (χ2v) is 9.44. The lowest BCUT2D eigenvalue weighted by Gasteiger charge is -2.39. The van der Waals surface area contributed by atoms with Crippen molar-refractivity contribution in [3.05, 3.63) is 35.6 Å². The van der Waals surface area contributed by atoms with Crippen LogP contribution in [0.3, 0.4) is 0 Å². The molecule has 1 aromatic carbocycles. The molecule has 142 valence electrons. The van der Waals surface area contributed by atoms with Crippen molar-refractivity contribution in [1.29, 1.82) is 0 Å². The van der Waals surface area contributed by atoms with Gasteiger partial charge in [0.15, 0.2) is 0 Å². The van der Waals surface area contributed by atoms with Gasteiger partial charge in [0, 0.05) is 0 Å². The van der Waals surface area contributed by atoms with Crippen molar-refractivity contribution in [3.8, 4) is 0 Å². The van der Waals surface area contributed by atoms with Crippen molar-refractivity contribution >= 4 is 11.8 Å². The molecule has 1 aliphatic rings. The van der Waals surface area contributed by atoms with E-state index in [2.05, 4.69) is 20.1 Å². The predicted molar refractivity (Wildman–Crippen MR) is 107 cm³/mol. The smallest absolute Gasteiger partial charge is 0.123 e. The Kier molecular flexibility index (Phi) is 8.28. The van der Waals surface area contributed by atoms with E-state index in [9.17, 15) is 9.50 Å². The van der Waals surface area contributed by atoms with Gasteiger partial charge in [-0.3, -0.25) is 0 Å². The maximum atomic E-state index is 13.3. The van der Waals surface area contributed by atoms with Crippen molar-refractivity contribution in [1.82, 2.24) is 0 Å². The maximum absolute atomic E-state index is 13.3. The number of benzene rings is 1. The fourth-order valence-corrected chi connectivity index (χ4v) is 4.92. The van der Waals surface area contributed by atoms with E-state index in [0.717, 1.165) is 31.1 Å². The Morgan fingerprint density at radius 1 is 1.24 bits per heavy atom. The summed E-state index contributed by atoms with van der Waals surface area (Å²) in [4.78, 5) is 0. The first-order valence-electron chi connectivity index (χ1n) is 9.85. The molecule has 2 rings (SSSR count). The van der Waals surface area contributed by atoms with Crippen molar-refractivity contribution in [2.45, 2.75) is 71.3 Å². The van der Waals surface area contributed by atoms with Gasteiger partial charge in [0.25, 0.3) is 0 Å². The molecule has 1 N–H and O–H groups in total. The zero-order valence-electron chi connectivity index (χ0n) is 16.1. The van der Waals surface area contributed by atoms with Gasteiger partial charge in [0.1, 0.15) is 5.82 Å². The molecule has 0 bridgehead atoms. The van der Waals surface area contributed by atoms with E-state index in [4.69, 9.17) is 0 Å². The highest BCUT2D eigenvalue weighted by atomic mass is 32.2. The number of halogens is 1. The average Bonchev–Trinajstić information content (AvgIpc) is 2.60. The summed E-state index contributed by atoms with van der Waals surface area (Å²) < 4.78 is 13.3. The quantitative estimate of drug-likeness (QED) is 0.530. The molecule has 0 unspecified atom stereocenters. The van der Waals surface area contributed by atoms with Crippen LogP contribution in [-0.2, 0) is 0 Å². The molecule has 1 aliphatic carbocycles. The number of rotatable bonds is 9. The molecule has 0 aromatic heterocycles. The molecular weight excluding hydrogens is 331 g/mol. The molecule has 0 amide bonds. The lowest BCUT2D eigenvalue weighted by atomic mass is 9.66. The fourth-order valence-electron chi connectivity index (χ4n) is 4.35. The van der Waals surface area contributed by atoms with E-state index < -0.39 is 6.10 Å². The maximum Gasteiger partial charge on any atom is 0.123 e. The second-order valence-electron chi connectivity index (χ2n) is 8.45. The molecule has 1 nitrogen and oxygen atoms in total. The second kappa shape index (κ2) is 9.97. The highest BCUT2D eigenvalue weighted by Gasteiger charge is 2.32. The van der Waals surface area contributed by atoms with Crippen LogP contribution in [-0.4, -0.2) is 17.1 Å². The molecular formula is C22H35FOS. The Morgan fingerprint density at radius 3 is 2.60 bits per heavy atom. The van der Waals surface area contributed by atoms with E-state index >= 15 is 0 Å². The molecule has 1 atom stereocenters. The average molecular weight is 367 g/mol. The predicted octanol–water partition coefficient (Wildman–Crippen LogP) is 6.62. The third-order valence-corrected chi connectivity index (χ3v) is 6.86. The van der Waals surface area contributed by atoms with Gasteiger partial charge in [-0.05, 0) is 85.5 Å². The zero-order chi connectivity index (χ0) is 18.3. The lowest BCUT2D eigenvalue weighted by molar-refractivity contribution is 0.107. The molecule has 25 heavy (non-hydrogen) atoms. The van der Waals surface area contributed by atoms with E-state index in [1.54, 1.807) is 6.07 Å². The topological polar surface area (TPSA) is 20.2 Å². The number of hydrogen-bond donors (Lipinski definition) is 1. The molecule has 0 aliphatic heterocycles. The van der Waals surface area contributed by atoms with Gasteiger partial charge in [-0.2, -0.15) is 11.8 Å². The summed E-state index contributed by atoms with van der Waals surface area (Å²) in [5.41, 5.74) is 1.04. The zero-order valence-corrected chi connectivity index (χ0v) is 17.0. The highest BCUT2D eigenvalue weighted by molar-refractivity contribution is 7.98. The lowest BCUT2D eigenvalue weighted by Crippen LogP contribution is -2.28. The van der Waals surface area contributed by atoms with Crippen LogP contribution in [0.4, 0.5) is 4.39 Å². The summed E-state index contributed by atoms with van der Waals surface area (Å²) in [6, 6.07) is 6.36. The standard InChI is InChI=1S/C22H35FOS/c1-22(2,19-11-9-17(10-12-19)13-15-25-3)14-5-8-21(24)18-6-4-7-20(23)16-18/h4,6-7,16-17,19,21,24H,5,8-15H2,1-3H3/t17?,19?,21-/m0/s1. The molecule has 0 saturated heterocycles. The summed E-state index contributed by atoms with van der Waals surface area (Å²) in [6.45, 7) is 4.79. The van der Waals surface area contributed by atoms with Crippen LogP contribution in [0.25, 0.3) is 0 Å². The van der Waals surface area contributed by atoms with Gasteiger partial charge >= 0.3 is 0 Å². The van der Waals surface area contributed by atoms with Gasteiger partial charge in [-0.1, -0.05) is 38.8 Å². The Labute approximate surface area is 157 Å². The molecule has 3 heteroatoms. The van der Waals surface area contributed by atoms with E-state index in [1.807, 2.05) is 17.8 Å². The van der Waals surface area contributed by atoms with Crippen LogP contribution in [0.5, 0.6) is 0 Å². The van der Waals surface area contributed by atoms with Crippen LogP contribution in [0, 0.1) is 23.1 Å². The van der Waals surface area contributed by atoms with Crippen molar-refractivity contribution in [2.75, 3.05) is 12.0 Å². The fraction of sp³-hybridized carbons (Fsp3) is 0.727. The normalized spacial score (nSPS) is 22.8. The summed E-state index contributed by atoms with van der Waals surface area (Å²) in [6.07, 6.45) is 11.4. The van der Waals surface area contributed by atoms with Gasteiger partial charge < -0.3 is 5.11 Å². The monoisotopic (exact) mass is 366 g/mol. The Balaban J connectivity index is 1.74.